The lowest BCUT2D eigenvalue weighted by Crippen LogP contribution is -2.63. The first-order valence-corrected chi connectivity index (χ1v) is 5.89. The Morgan fingerprint density at radius 2 is 1.53 bits per heavy atom. The number of thiol groups is 2. The van der Waals surface area contributed by atoms with E-state index in [1.165, 1.54) is 14.1 Å². The molecular formula is C8H15F2N3O2S2. The molecule has 0 aromatic rings. The molecule has 0 fully saturated rings. The molecule has 2 atom stereocenters. The van der Waals surface area contributed by atoms with Gasteiger partial charge in [0.15, 0.2) is 0 Å². The standard InChI is InChI=1S/C8H15F2N3O2S2/c1-11-5(14)8(10,4-17)13-6(15)7(9,3-16)12-2/h12,16-17H,3-4H2,1-2H3,(H,11,14)(H,13,15)/t7-,8-/m0/s1. The van der Waals surface area contributed by atoms with E-state index in [1.807, 2.05) is 5.32 Å². The lowest BCUT2D eigenvalue weighted by Gasteiger charge is -2.28. The minimum atomic E-state index is -2.77. The number of likely N-dealkylation sites (N-methyl/N-ethyl adjacent to an activating group) is 2. The normalized spacial score (nSPS) is 17.8. The second-order valence-electron chi connectivity index (χ2n) is 3.20. The summed E-state index contributed by atoms with van der Waals surface area (Å²) in [6.07, 6.45) is 0. The molecule has 0 aliphatic carbocycles. The summed E-state index contributed by atoms with van der Waals surface area (Å²) >= 11 is 7.24. The molecule has 0 rings (SSSR count). The minimum absolute atomic E-state index is 0.508. The zero-order valence-electron chi connectivity index (χ0n) is 9.38. The van der Waals surface area contributed by atoms with E-state index in [9.17, 15) is 18.4 Å². The van der Waals surface area contributed by atoms with Gasteiger partial charge in [0.25, 0.3) is 17.6 Å². The summed E-state index contributed by atoms with van der Waals surface area (Å²) in [6, 6.07) is 0. The van der Waals surface area contributed by atoms with Crippen LogP contribution >= 0.6 is 25.3 Å². The van der Waals surface area contributed by atoms with E-state index < -0.39 is 34.9 Å². The highest BCUT2D eigenvalue weighted by atomic mass is 32.1. The highest BCUT2D eigenvalue weighted by molar-refractivity contribution is 7.80. The van der Waals surface area contributed by atoms with Crippen LogP contribution in [0.3, 0.4) is 0 Å². The maximum Gasteiger partial charge on any atom is 0.279 e. The molecule has 0 aromatic heterocycles. The highest BCUT2D eigenvalue weighted by Gasteiger charge is 2.45. The predicted molar refractivity (Wildman–Crippen MR) is 66.7 cm³/mol. The fraction of sp³-hybridized carbons (Fsp3) is 0.750. The molecule has 3 N–H and O–H groups in total. The van der Waals surface area contributed by atoms with Gasteiger partial charge < -0.3 is 10.6 Å². The first-order valence-electron chi connectivity index (χ1n) is 4.63. The summed E-state index contributed by atoms with van der Waals surface area (Å²) in [4.78, 5) is 22.7. The van der Waals surface area contributed by atoms with E-state index in [1.54, 1.807) is 5.32 Å². The highest BCUT2D eigenvalue weighted by Crippen LogP contribution is 2.15. The van der Waals surface area contributed by atoms with E-state index in [4.69, 9.17) is 0 Å². The average molecular weight is 287 g/mol. The lowest BCUT2D eigenvalue weighted by atomic mass is 10.2. The number of nitrogens with one attached hydrogen (secondary N) is 3. The van der Waals surface area contributed by atoms with Crippen LogP contribution in [0.2, 0.25) is 0 Å². The van der Waals surface area contributed by atoms with E-state index in [0.717, 1.165) is 0 Å². The summed E-state index contributed by atoms with van der Waals surface area (Å²) in [5.41, 5.74) is 0. The smallest absolute Gasteiger partial charge is 0.279 e. The lowest BCUT2D eigenvalue weighted by molar-refractivity contribution is -0.145. The molecule has 9 heteroatoms. The molecular weight excluding hydrogens is 272 g/mol. The number of carbonyl (C=O) groups excluding carboxylic acids is 2. The van der Waals surface area contributed by atoms with Crippen molar-refractivity contribution in [1.29, 1.82) is 0 Å². The molecule has 0 aromatic carbocycles. The molecule has 0 unspecified atom stereocenters. The zero-order chi connectivity index (χ0) is 13.7. The van der Waals surface area contributed by atoms with Gasteiger partial charge in [-0.05, 0) is 7.05 Å². The third kappa shape index (κ3) is 3.71. The summed E-state index contributed by atoms with van der Waals surface area (Å²) in [7, 11) is 2.36. The van der Waals surface area contributed by atoms with Gasteiger partial charge in [0, 0.05) is 12.8 Å². The molecule has 0 heterocycles. The van der Waals surface area contributed by atoms with Crippen LogP contribution in [-0.2, 0) is 9.59 Å². The third-order valence-electron chi connectivity index (χ3n) is 2.09. The number of halogens is 2. The quantitative estimate of drug-likeness (QED) is 0.330. The van der Waals surface area contributed by atoms with Gasteiger partial charge in [-0.3, -0.25) is 14.9 Å². The Morgan fingerprint density at radius 3 is 1.82 bits per heavy atom. The van der Waals surface area contributed by atoms with Gasteiger partial charge in [-0.15, -0.1) is 0 Å². The van der Waals surface area contributed by atoms with Gasteiger partial charge in [0.2, 0.25) is 5.79 Å². The van der Waals surface area contributed by atoms with E-state index in [2.05, 4.69) is 30.6 Å². The Hall–Kier alpha value is -0.540. The van der Waals surface area contributed by atoms with Crippen molar-refractivity contribution < 1.29 is 18.4 Å². The zero-order valence-corrected chi connectivity index (χ0v) is 11.2. The summed E-state index contributed by atoms with van der Waals surface area (Å²) in [6.45, 7) is 0. The summed E-state index contributed by atoms with van der Waals surface area (Å²) in [5, 5.41) is 5.72. The van der Waals surface area contributed by atoms with Gasteiger partial charge in [-0.2, -0.15) is 25.3 Å². The number of carbonyl (C=O) groups is 2. The van der Waals surface area contributed by atoms with Crippen LogP contribution < -0.4 is 16.0 Å². The van der Waals surface area contributed by atoms with E-state index >= 15 is 0 Å². The van der Waals surface area contributed by atoms with Gasteiger partial charge in [0.05, 0.1) is 5.75 Å². The minimum Gasteiger partial charge on any atom is -0.355 e. The molecule has 0 bridgehead atoms. The average Bonchev–Trinajstić information content (AvgIpc) is 2.36. The molecule has 0 saturated carbocycles. The van der Waals surface area contributed by atoms with Crippen molar-refractivity contribution in [2.45, 2.75) is 11.6 Å². The van der Waals surface area contributed by atoms with E-state index in [-0.39, 0.29) is 0 Å². The van der Waals surface area contributed by atoms with Crippen LogP contribution in [0.5, 0.6) is 0 Å². The first kappa shape index (κ1) is 16.5. The number of alkyl halides is 2. The molecule has 17 heavy (non-hydrogen) atoms. The predicted octanol–water partition coefficient (Wildman–Crippen LogP) is -0.741. The number of rotatable bonds is 6. The van der Waals surface area contributed by atoms with Gasteiger partial charge >= 0.3 is 0 Å². The second kappa shape index (κ2) is 6.41. The van der Waals surface area contributed by atoms with Crippen LogP contribution in [0.25, 0.3) is 0 Å². The maximum absolute atomic E-state index is 13.9. The summed E-state index contributed by atoms with van der Waals surface area (Å²) < 4.78 is 27.7. The Kier molecular flexibility index (Phi) is 6.20. The molecule has 0 aliphatic heterocycles. The van der Waals surface area contributed by atoms with Crippen molar-refractivity contribution in [3.63, 3.8) is 0 Å². The van der Waals surface area contributed by atoms with Gasteiger partial charge in [-0.1, -0.05) is 0 Å². The Labute approximate surface area is 109 Å². The molecule has 5 nitrogen and oxygen atoms in total. The van der Waals surface area contributed by atoms with E-state index in [0.29, 0.717) is 0 Å². The van der Waals surface area contributed by atoms with Crippen LogP contribution in [0.15, 0.2) is 0 Å². The van der Waals surface area contributed by atoms with Gasteiger partial charge in [0.1, 0.15) is 0 Å². The Morgan fingerprint density at radius 1 is 1.06 bits per heavy atom. The number of hydrogen-bond donors (Lipinski definition) is 5. The fourth-order valence-electron chi connectivity index (χ4n) is 0.910. The number of amides is 2. The molecule has 100 valence electrons. The van der Waals surface area contributed by atoms with Crippen molar-refractivity contribution in [2.24, 2.45) is 0 Å². The molecule has 0 saturated heterocycles. The molecule has 0 radical (unpaired) electrons. The van der Waals surface area contributed by atoms with Crippen LogP contribution in [0, 0.1) is 0 Å². The third-order valence-corrected chi connectivity index (χ3v) is 2.96. The first-order chi connectivity index (χ1) is 7.79. The van der Waals surface area contributed by atoms with Crippen molar-refractivity contribution in [2.75, 3.05) is 25.6 Å². The number of hydrogen-bond acceptors (Lipinski definition) is 5. The molecule has 2 amide bonds. The molecule has 0 spiro atoms. The molecule has 0 aliphatic rings. The Balaban J connectivity index is 4.92. The largest absolute Gasteiger partial charge is 0.355 e. The van der Waals surface area contributed by atoms with Gasteiger partial charge in [-0.25, -0.2) is 8.78 Å². The van der Waals surface area contributed by atoms with Crippen molar-refractivity contribution >= 4 is 37.1 Å². The fourth-order valence-corrected chi connectivity index (χ4v) is 1.43. The van der Waals surface area contributed by atoms with Crippen molar-refractivity contribution in [1.82, 2.24) is 16.0 Å². The van der Waals surface area contributed by atoms with Crippen molar-refractivity contribution in [3.05, 3.63) is 0 Å². The maximum atomic E-state index is 13.9. The Bertz CT molecular complexity index is 302. The SMILES string of the molecule is CNC(=O)[C@](F)(CS)NC(=O)[C@](F)(CS)NC. The van der Waals surface area contributed by atoms with Crippen LogP contribution in [0.1, 0.15) is 0 Å². The van der Waals surface area contributed by atoms with Crippen molar-refractivity contribution in [3.8, 4) is 0 Å². The monoisotopic (exact) mass is 287 g/mol. The summed E-state index contributed by atoms with van der Waals surface area (Å²) in [5.74, 6) is -8.89. The topological polar surface area (TPSA) is 70.2 Å². The second-order valence-corrected chi connectivity index (χ2v) is 3.83. The van der Waals surface area contributed by atoms with Crippen LogP contribution in [-0.4, -0.2) is 49.0 Å². The van der Waals surface area contributed by atoms with Crippen LogP contribution in [0.4, 0.5) is 8.78 Å².